The average molecular weight is 711 g/mol. The second-order valence-corrected chi connectivity index (χ2v) is 15.7. The van der Waals surface area contributed by atoms with E-state index in [4.69, 9.17) is 4.74 Å². The van der Waals surface area contributed by atoms with Crippen LogP contribution in [0.2, 0.25) is 0 Å². The van der Waals surface area contributed by atoms with Gasteiger partial charge in [-0.15, -0.1) is 0 Å². The zero-order valence-electron chi connectivity index (χ0n) is 32.9. The van der Waals surface area contributed by atoms with Gasteiger partial charge in [0.05, 0.1) is 0 Å². The van der Waals surface area contributed by atoms with E-state index in [1.165, 1.54) is 142 Å². The third-order valence-electron chi connectivity index (χ3n) is 12.1. The number of unbranched alkanes of at least 4 members (excludes halogenated alkanes) is 2. The lowest BCUT2D eigenvalue weighted by molar-refractivity contribution is -0.128. The van der Waals surface area contributed by atoms with Crippen LogP contribution in [-0.2, 0) is 9.59 Å². The predicted octanol–water partition coefficient (Wildman–Crippen LogP) is 14.3. The molecule has 0 N–H and O–H groups in total. The molecule has 0 saturated heterocycles. The van der Waals surface area contributed by atoms with Gasteiger partial charge < -0.3 is 4.74 Å². The Hall–Kier alpha value is -4.24. The highest BCUT2D eigenvalue weighted by Crippen LogP contribution is 2.44. The molecule has 0 radical (unpaired) electrons. The molecule has 2 aliphatic rings. The molecule has 2 aliphatic carbocycles. The lowest BCUT2D eigenvalue weighted by atomic mass is 9.75. The molecule has 0 atom stereocenters. The Bertz CT molecular complexity index is 1810. The number of carbonyl (C=O) groups excluding carboxylic acids is 2. The molecule has 3 heteroatoms. The first-order chi connectivity index (χ1) is 25.7. The minimum Gasteiger partial charge on any atom is -0.423 e. The second-order valence-electron chi connectivity index (χ2n) is 15.7. The minimum absolute atomic E-state index is 0.0185. The Morgan fingerprint density at radius 2 is 1.11 bits per heavy atom. The molecule has 4 aromatic carbocycles. The number of aryl methyl sites for hydroxylation is 1. The molecule has 2 saturated carbocycles. The van der Waals surface area contributed by atoms with Gasteiger partial charge in [0.2, 0.25) is 0 Å². The SMILES string of the molecule is C=CC(=O)Oc1cc(C2CCC(CCCC)CC2)c(C)c2ccc(-c3ccc(-c4ccc(C5CCC(CCCC)CC5)cc4)cc3)cc12.C=CC(C)=O. The van der Waals surface area contributed by atoms with Crippen LogP contribution in [0.4, 0.5) is 0 Å². The molecule has 0 aromatic heterocycles. The maximum Gasteiger partial charge on any atom is 0.335 e. The van der Waals surface area contributed by atoms with Crippen molar-refractivity contribution in [1.82, 2.24) is 0 Å². The molecule has 0 aliphatic heterocycles. The van der Waals surface area contributed by atoms with Crippen LogP contribution in [0.1, 0.15) is 139 Å². The van der Waals surface area contributed by atoms with E-state index in [0.717, 1.165) is 28.3 Å². The summed E-state index contributed by atoms with van der Waals surface area (Å²) in [5.74, 6) is 3.30. The monoisotopic (exact) mass is 710 g/mol. The molecule has 0 spiro atoms. The third kappa shape index (κ3) is 10.7. The van der Waals surface area contributed by atoms with E-state index in [0.29, 0.717) is 17.6 Å². The normalized spacial score (nSPS) is 19.8. The molecule has 0 unspecified atom stereocenters. The van der Waals surface area contributed by atoms with Crippen LogP contribution in [-0.4, -0.2) is 11.8 Å². The van der Waals surface area contributed by atoms with E-state index in [2.05, 4.69) is 107 Å². The number of esters is 1. The van der Waals surface area contributed by atoms with Crippen molar-refractivity contribution in [2.24, 2.45) is 11.8 Å². The average Bonchev–Trinajstić information content (AvgIpc) is 3.20. The highest BCUT2D eigenvalue weighted by atomic mass is 16.5. The largest absolute Gasteiger partial charge is 0.423 e. The standard InChI is InChI=1S/C46H56O2.C4H6O/c1-5-8-10-33-12-16-35(17-13-33)36-20-22-37(23-21-36)38-24-26-39(27-25-38)41-28-29-42-32(4)43(31-45(44(42)30-41)48-46(47)7-3)40-18-14-34(15-19-40)11-9-6-2;1-3-4(2)5/h7,20-31,33-35,40H,3,5-6,8-19H2,1-2,4H3;3H,1H2,2H3. The molecule has 53 heavy (non-hydrogen) atoms. The quantitative estimate of drug-likeness (QED) is 0.0788. The van der Waals surface area contributed by atoms with Gasteiger partial charge in [0.25, 0.3) is 0 Å². The smallest absolute Gasteiger partial charge is 0.335 e. The van der Waals surface area contributed by atoms with Crippen LogP contribution in [0.25, 0.3) is 33.0 Å². The Balaban J connectivity index is 0.00000101. The van der Waals surface area contributed by atoms with Crippen molar-refractivity contribution in [2.75, 3.05) is 0 Å². The van der Waals surface area contributed by atoms with E-state index in [9.17, 15) is 9.59 Å². The lowest BCUT2D eigenvalue weighted by Crippen LogP contribution is -2.15. The van der Waals surface area contributed by atoms with Gasteiger partial charge in [-0.25, -0.2) is 4.79 Å². The second kappa shape index (κ2) is 19.7. The fraction of sp³-hybridized carbons (Fsp3) is 0.440. The van der Waals surface area contributed by atoms with E-state index in [-0.39, 0.29) is 5.78 Å². The Kier molecular flexibility index (Phi) is 14.9. The van der Waals surface area contributed by atoms with Crippen molar-refractivity contribution in [3.8, 4) is 28.0 Å². The molecule has 0 heterocycles. The highest BCUT2D eigenvalue weighted by molar-refractivity contribution is 5.97. The predicted molar refractivity (Wildman–Crippen MR) is 225 cm³/mol. The summed E-state index contributed by atoms with van der Waals surface area (Å²) in [5.41, 5.74) is 8.94. The third-order valence-corrected chi connectivity index (χ3v) is 12.1. The highest BCUT2D eigenvalue weighted by Gasteiger charge is 2.26. The topological polar surface area (TPSA) is 43.4 Å². The van der Waals surface area contributed by atoms with Crippen molar-refractivity contribution in [2.45, 2.75) is 129 Å². The van der Waals surface area contributed by atoms with Crippen molar-refractivity contribution < 1.29 is 14.3 Å². The minimum atomic E-state index is -0.408. The first kappa shape index (κ1) is 40.0. The maximum atomic E-state index is 12.5. The zero-order chi connectivity index (χ0) is 37.7. The van der Waals surface area contributed by atoms with Crippen molar-refractivity contribution in [3.63, 3.8) is 0 Å². The Morgan fingerprint density at radius 3 is 1.60 bits per heavy atom. The van der Waals surface area contributed by atoms with Crippen LogP contribution in [0.3, 0.4) is 0 Å². The number of allylic oxidation sites excluding steroid dienone is 1. The van der Waals surface area contributed by atoms with Crippen molar-refractivity contribution >= 4 is 22.5 Å². The summed E-state index contributed by atoms with van der Waals surface area (Å²) in [4.78, 5) is 22.2. The molecular formula is C50H62O3. The Morgan fingerprint density at radius 1 is 0.642 bits per heavy atom. The fourth-order valence-electron chi connectivity index (χ4n) is 8.73. The number of ether oxygens (including phenoxy) is 1. The van der Waals surface area contributed by atoms with Crippen LogP contribution in [0, 0.1) is 18.8 Å². The molecule has 4 aromatic rings. The number of hydrogen-bond acceptors (Lipinski definition) is 3. The number of fused-ring (bicyclic) bond motifs is 1. The zero-order valence-corrected chi connectivity index (χ0v) is 32.9. The number of carbonyl (C=O) groups is 2. The summed E-state index contributed by atoms with van der Waals surface area (Å²) in [7, 11) is 0. The Labute approximate surface area is 319 Å². The molecule has 0 amide bonds. The van der Waals surface area contributed by atoms with Gasteiger partial charge in [0.15, 0.2) is 5.78 Å². The maximum absolute atomic E-state index is 12.5. The summed E-state index contributed by atoms with van der Waals surface area (Å²) in [6.07, 6.45) is 21.1. The molecule has 280 valence electrons. The van der Waals surface area contributed by atoms with Crippen molar-refractivity contribution in [3.05, 3.63) is 115 Å². The summed E-state index contributed by atoms with van der Waals surface area (Å²) in [5, 5.41) is 2.15. The first-order valence-electron chi connectivity index (χ1n) is 20.5. The van der Waals surface area contributed by atoms with E-state index in [1.807, 2.05) is 0 Å². The van der Waals surface area contributed by atoms with Gasteiger partial charge in [-0.2, -0.15) is 0 Å². The van der Waals surface area contributed by atoms with Crippen LogP contribution in [0.5, 0.6) is 5.75 Å². The summed E-state index contributed by atoms with van der Waals surface area (Å²) in [6, 6.07) is 27.1. The molecule has 6 rings (SSSR count). The van der Waals surface area contributed by atoms with Gasteiger partial charge in [0, 0.05) is 11.5 Å². The summed E-state index contributed by atoms with van der Waals surface area (Å²) >= 11 is 0. The molecular weight excluding hydrogens is 649 g/mol. The number of rotatable bonds is 13. The fourth-order valence-corrected chi connectivity index (χ4v) is 8.73. The van der Waals surface area contributed by atoms with Gasteiger partial charge in [0.1, 0.15) is 5.75 Å². The summed E-state index contributed by atoms with van der Waals surface area (Å²) in [6.45, 7) is 15.2. The van der Waals surface area contributed by atoms with Crippen LogP contribution >= 0.6 is 0 Å². The van der Waals surface area contributed by atoms with Gasteiger partial charge >= 0.3 is 5.97 Å². The number of benzene rings is 4. The number of ketones is 1. The van der Waals surface area contributed by atoms with E-state index >= 15 is 0 Å². The van der Waals surface area contributed by atoms with Gasteiger partial charge in [-0.1, -0.05) is 126 Å². The lowest BCUT2D eigenvalue weighted by Gasteiger charge is -2.30. The van der Waals surface area contributed by atoms with Gasteiger partial charge in [-0.05, 0) is 151 Å². The molecule has 0 bridgehead atoms. The first-order valence-corrected chi connectivity index (χ1v) is 20.5. The van der Waals surface area contributed by atoms with Crippen molar-refractivity contribution in [1.29, 1.82) is 0 Å². The number of hydrogen-bond donors (Lipinski definition) is 0. The van der Waals surface area contributed by atoms with E-state index < -0.39 is 5.97 Å². The van der Waals surface area contributed by atoms with Crippen LogP contribution in [0.15, 0.2) is 98.1 Å². The van der Waals surface area contributed by atoms with Gasteiger partial charge in [-0.3, -0.25) is 4.79 Å². The van der Waals surface area contributed by atoms with Crippen LogP contribution < -0.4 is 4.74 Å². The molecule has 3 nitrogen and oxygen atoms in total. The molecule has 2 fully saturated rings. The van der Waals surface area contributed by atoms with E-state index in [1.54, 1.807) is 0 Å². The summed E-state index contributed by atoms with van der Waals surface area (Å²) < 4.78 is 5.92.